The zero-order chi connectivity index (χ0) is 25.9. The molecule has 0 amide bonds. The first-order valence-corrected chi connectivity index (χ1v) is 12.6. The molecule has 7 nitrogen and oxygen atoms in total. The molecule has 0 aliphatic carbocycles. The van der Waals surface area contributed by atoms with Crippen molar-refractivity contribution in [1.82, 2.24) is 19.5 Å². The third-order valence-electron chi connectivity index (χ3n) is 6.08. The molecular formula is C29H28ClN5O2. The highest BCUT2D eigenvalue weighted by molar-refractivity contribution is 6.32. The number of hydrogen-bond donors (Lipinski definition) is 2. The molecule has 37 heavy (non-hydrogen) atoms. The number of benzene rings is 2. The standard InChI is InChI=1S/C29H28ClN5O2/c1-18(2)37-27-14-25-22(12-24(27)30)11-23(29(36)34-25)19(3)33-28-13-21(9-10-32-28)26-15-31-17-35(26)16-20-7-5-4-6-8-20/h4-15,17-19H,16H2,1-3H3,(H,32,33)(H,34,36). The Hall–Kier alpha value is -4.10. The SMILES string of the molecule is CC(C)Oc1cc2[nH]c(=O)c(C(C)Nc3cc(-c4cncn4Cc4ccccc4)ccn3)cc2cc1Cl. The maximum Gasteiger partial charge on any atom is 0.253 e. The van der Waals surface area contributed by atoms with Crippen molar-refractivity contribution in [2.24, 2.45) is 0 Å². The van der Waals surface area contributed by atoms with Gasteiger partial charge in [-0.2, -0.15) is 0 Å². The van der Waals surface area contributed by atoms with Crippen molar-refractivity contribution in [3.63, 3.8) is 0 Å². The van der Waals surface area contributed by atoms with Crippen LogP contribution in [-0.4, -0.2) is 25.6 Å². The number of anilines is 1. The van der Waals surface area contributed by atoms with Crippen LogP contribution in [0.3, 0.4) is 0 Å². The van der Waals surface area contributed by atoms with Crippen LogP contribution >= 0.6 is 11.6 Å². The van der Waals surface area contributed by atoms with Gasteiger partial charge in [-0.3, -0.25) is 4.79 Å². The smallest absolute Gasteiger partial charge is 0.253 e. The van der Waals surface area contributed by atoms with Gasteiger partial charge in [0, 0.05) is 35.3 Å². The van der Waals surface area contributed by atoms with Crippen molar-refractivity contribution in [3.05, 3.63) is 106 Å². The second-order valence-electron chi connectivity index (χ2n) is 9.28. The molecule has 3 heterocycles. The number of H-pyrrole nitrogens is 1. The van der Waals surface area contributed by atoms with Crippen molar-refractivity contribution in [3.8, 4) is 17.0 Å². The Labute approximate surface area is 220 Å². The maximum atomic E-state index is 13.0. The van der Waals surface area contributed by atoms with Gasteiger partial charge in [0.25, 0.3) is 5.56 Å². The fraction of sp³-hybridized carbons (Fsp3) is 0.207. The van der Waals surface area contributed by atoms with E-state index < -0.39 is 0 Å². The van der Waals surface area contributed by atoms with Gasteiger partial charge in [0.15, 0.2) is 0 Å². The molecule has 2 aromatic carbocycles. The number of ether oxygens (including phenoxy) is 1. The number of hydrogen-bond acceptors (Lipinski definition) is 5. The van der Waals surface area contributed by atoms with Gasteiger partial charge in [-0.05, 0) is 50.6 Å². The van der Waals surface area contributed by atoms with Crippen molar-refractivity contribution in [1.29, 1.82) is 0 Å². The van der Waals surface area contributed by atoms with E-state index in [1.54, 1.807) is 12.3 Å². The van der Waals surface area contributed by atoms with Crippen LogP contribution < -0.4 is 15.6 Å². The van der Waals surface area contributed by atoms with Gasteiger partial charge in [0.1, 0.15) is 11.6 Å². The number of aromatic nitrogens is 4. The molecule has 1 atom stereocenters. The highest BCUT2D eigenvalue weighted by Crippen LogP contribution is 2.31. The molecule has 0 spiro atoms. The lowest BCUT2D eigenvalue weighted by atomic mass is 10.1. The number of pyridine rings is 2. The molecule has 0 bridgehead atoms. The van der Waals surface area contributed by atoms with E-state index in [0.29, 0.717) is 27.7 Å². The molecule has 2 N–H and O–H groups in total. The number of nitrogens with zero attached hydrogens (tertiary/aromatic N) is 3. The molecule has 5 rings (SSSR count). The largest absolute Gasteiger partial charge is 0.489 e. The summed E-state index contributed by atoms with van der Waals surface area (Å²) >= 11 is 6.43. The van der Waals surface area contributed by atoms with E-state index in [-0.39, 0.29) is 17.7 Å². The van der Waals surface area contributed by atoms with Crippen LogP contribution in [0.2, 0.25) is 5.02 Å². The van der Waals surface area contributed by atoms with Crippen molar-refractivity contribution in [2.45, 2.75) is 39.5 Å². The van der Waals surface area contributed by atoms with E-state index in [9.17, 15) is 4.79 Å². The summed E-state index contributed by atoms with van der Waals surface area (Å²) in [6.45, 7) is 6.51. The third kappa shape index (κ3) is 5.52. The van der Waals surface area contributed by atoms with Crippen molar-refractivity contribution < 1.29 is 4.74 Å². The molecule has 0 radical (unpaired) electrons. The zero-order valence-electron chi connectivity index (χ0n) is 20.9. The Morgan fingerprint density at radius 1 is 1.08 bits per heavy atom. The van der Waals surface area contributed by atoms with E-state index in [4.69, 9.17) is 16.3 Å². The predicted octanol–water partition coefficient (Wildman–Crippen LogP) is 6.45. The van der Waals surface area contributed by atoms with Crippen LogP contribution in [0.1, 0.15) is 37.9 Å². The molecule has 0 saturated heterocycles. The van der Waals surface area contributed by atoms with Crippen LogP contribution in [0, 0.1) is 0 Å². The summed E-state index contributed by atoms with van der Waals surface area (Å²) in [6.07, 6.45) is 5.41. The number of fused-ring (bicyclic) bond motifs is 1. The predicted molar refractivity (Wildman–Crippen MR) is 148 cm³/mol. The summed E-state index contributed by atoms with van der Waals surface area (Å²) in [6, 6.07) is 19.3. The zero-order valence-corrected chi connectivity index (χ0v) is 21.7. The van der Waals surface area contributed by atoms with E-state index in [1.807, 2.05) is 75.8 Å². The summed E-state index contributed by atoms with van der Waals surface area (Å²) in [5.41, 5.74) is 4.24. The second-order valence-corrected chi connectivity index (χ2v) is 9.69. The Bertz CT molecular complexity index is 1590. The lowest BCUT2D eigenvalue weighted by Gasteiger charge is -2.17. The van der Waals surface area contributed by atoms with E-state index >= 15 is 0 Å². The minimum atomic E-state index is -0.296. The lowest BCUT2D eigenvalue weighted by molar-refractivity contribution is 0.243. The van der Waals surface area contributed by atoms with Gasteiger partial charge in [0.05, 0.1) is 40.9 Å². The highest BCUT2D eigenvalue weighted by atomic mass is 35.5. The Kier molecular flexibility index (Phi) is 6.97. The monoisotopic (exact) mass is 513 g/mol. The van der Waals surface area contributed by atoms with E-state index in [0.717, 1.165) is 23.2 Å². The van der Waals surface area contributed by atoms with Crippen LogP contribution in [0.5, 0.6) is 5.75 Å². The molecule has 5 aromatic rings. The van der Waals surface area contributed by atoms with Gasteiger partial charge < -0.3 is 19.6 Å². The number of nitrogens with one attached hydrogen (secondary N) is 2. The quantitative estimate of drug-likeness (QED) is 0.249. The van der Waals surface area contributed by atoms with Crippen molar-refractivity contribution >= 4 is 28.3 Å². The van der Waals surface area contributed by atoms with Crippen LogP contribution in [0.15, 0.2) is 84.2 Å². The fourth-order valence-electron chi connectivity index (χ4n) is 4.33. The minimum absolute atomic E-state index is 0.0228. The van der Waals surface area contributed by atoms with Gasteiger partial charge in [-0.15, -0.1) is 0 Å². The van der Waals surface area contributed by atoms with Crippen LogP contribution in [-0.2, 0) is 6.54 Å². The molecule has 0 aliphatic heterocycles. The molecule has 0 fully saturated rings. The number of imidazole rings is 1. The summed E-state index contributed by atoms with van der Waals surface area (Å²) in [5.74, 6) is 1.21. The Morgan fingerprint density at radius 3 is 2.68 bits per heavy atom. The number of aromatic amines is 1. The first kappa shape index (κ1) is 24.6. The van der Waals surface area contributed by atoms with Gasteiger partial charge in [-0.25, -0.2) is 9.97 Å². The van der Waals surface area contributed by atoms with Crippen LogP contribution in [0.25, 0.3) is 22.2 Å². The summed E-state index contributed by atoms with van der Waals surface area (Å²) in [4.78, 5) is 24.8. The topological polar surface area (TPSA) is 84.8 Å². The maximum absolute atomic E-state index is 13.0. The first-order valence-electron chi connectivity index (χ1n) is 12.2. The molecule has 8 heteroatoms. The Balaban J connectivity index is 1.39. The highest BCUT2D eigenvalue weighted by Gasteiger charge is 2.15. The Morgan fingerprint density at radius 2 is 1.89 bits per heavy atom. The summed E-state index contributed by atoms with van der Waals surface area (Å²) < 4.78 is 7.86. The fourth-order valence-corrected chi connectivity index (χ4v) is 4.54. The molecule has 0 saturated carbocycles. The second kappa shape index (κ2) is 10.5. The van der Waals surface area contributed by atoms with Gasteiger partial charge in [-0.1, -0.05) is 41.9 Å². The average Bonchev–Trinajstić information content (AvgIpc) is 3.33. The minimum Gasteiger partial charge on any atom is -0.489 e. The molecule has 188 valence electrons. The van der Waals surface area contributed by atoms with Crippen molar-refractivity contribution in [2.75, 3.05) is 5.32 Å². The van der Waals surface area contributed by atoms with E-state index in [1.165, 1.54) is 5.56 Å². The molecular weight excluding hydrogens is 486 g/mol. The lowest BCUT2D eigenvalue weighted by Crippen LogP contribution is -2.20. The molecule has 0 aliphatic rings. The van der Waals surface area contributed by atoms with Crippen LogP contribution in [0.4, 0.5) is 5.82 Å². The number of halogens is 1. The average molecular weight is 514 g/mol. The van der Waals surface area contributed by atoms with Gasteiger partial charge in [0.2, 0.25) is 0 Å². The van der Waals surface area contributed by atoms with Gasteiger partial charge >= 0.3 is 0 Å². The normalized spacial score (nSPS) is 12.1. The summed E-state index contributed by atoms with van der Waals surface area (Å²) in [5, 5.41) is 4.70. The first-order chi connectivity index (χ1) is 17.9. The third-order valence-corrected chi connectivity index (χ3v) is 6.38. The summed E-state index contributed by atoms with van der Waals surface area (Å²) in [7, 11) is 0. The number of rotatable bonds is 8. The van der Waals surface area contributed by atoms with E-state index in [2.05, 4.69) is 37.0 Å². The molecule has 3 aromatic heterocycles. The molecule has 1 unspecified atom stereocenters.